The lowest BCUT2D eigenvalue weighted by Crippen LogP contribution is -2.21. The van der Waals surface area contributed by atoms with Crippen molar-refractivity contribution in [2.24, 2.45) is 0 Å². The molecule has 0 aliphatic heterocycles. The molecule has 0 saturated carbocycles. The van der Waals surface area contributed by atoms with Crippen LogP contribution in [0.25, 0.3) is 0 Å². The van der Waals surface area contributed by atoms with Crippen LogP contribution in [0.5, 0.6) is 0 Å². The molecule has 1 heterocycles. The lowest BCUT2D eigenvalue weighted by Gasteiger charge is -2.17. The molecule has 1 N–H and O–H groups in total. The van der Waals surface area contributed by atoms with Crippen LogP contribution in [-0.2, 0) is 0 Å². The van der Waals surface area contributed by atoms with E-state index in [9.17, 15) is 0 Å². The molecule has 1 atom stereocenters. The zero-order valence-corrected chi connectivity index (χ0v) is 13.6. The van der Waals surface area contributed by atoms with Crippen LogP contribution in [0.2, 0.25) is 10.0 Å². The largest absolute Gasteiger partial charge is 0.306 e. The van der Waals surface area contributed by atoms with Gasteiger partial charge in [0.15, 0.2) is 0 Å². The highest BCUT2D eigenvalue weighted by Crippen LogP contribution is 2.32. The monoisotopic (exact) mass is 363 g/mol. The number of nitrogens with one attached hydrogen (secondary N) is 1. The van der Waals surface area contributed by atoms with E-state index in [0.717, 1.165) is 16.6 Å². The van der Waals surface area contributed by atoms with Gasteiger partial charge >= 0.3 is 0 Å². The summed E-state index contributed by atoms with van der Waals surface area (Å²) in [5, 5.41) is 6.72. The van der Waals surface area contributed by atoms with Gasteiger partial charge in [0.05, 0.1) is 16.1 Å². The fourth-order valence-corrected chi connectivity index (χ4v) is 3.61. The number of hydrogen-bond acceptors (Lipinski definition) is 2. The first kappa shape index (κ1) is 14.4. The van der Waals surface area contributed by atoms with Crippen molar-refractivity contribution in [2.45, 2.75) is 13.0 Å². The second-order valence-electron chi connectivity index (χ2n) is 3.83. The molecule has 0 bridgehead atoms. The van der Waals surface area contributed by atoms with Crippen LogP contribution < -0.4 is 5.32 Å². The first-order valence-corrected chi connectivity index (χ1v) is 7.97. The minimum atomic E-state index is 0.154. The van der Waals surface area contributed by atoms with Gasteiger partial charge in [-0.25, -0.2) is 0 Å². The van der Waals surface area contributed by atoms with Gasteiger partial charge in [0.1, 0.15) is 0 Å². The van der Waals surface area contributed by atoms with Crippen LogP contribution in [0, 0.1) is 0 Å². The summed E-state index contributed by atoms with van der Waals surface area (Å²) in [5.41, 5.74) is 1.13. The zero-order valence-electron chi connectivity index (χ0n) is 9.71. The molecule has 1 aromatic heterocycles. The molecule has 5 heteroatoms. The molecular weight excluding hydrogens is 353 g/mol. The highest BCUT2D eigenvalue weighted by molar-refractivity contribution is 9.10. The van der Waals surface area contributed by atoms with Gasteiger partial charge < -0.3 is 5.32 Å². The quantitative estimate of drug-likeness (QED) is 0.753. The summed E-state index contributed by atoms with van der Waals surface area (Å²) >= 11 is 17.2. The lowest BCUT2D eigenvalue weighted by atomic mass is 10.1. The maximum atomic E-state index is 6.09. The maximum absolute atomic E-state index is 6.09. The average molecular weight is 365 g/mol. The molecule has 1 aromatic carbocycles. The van der Waals surface area contributed by atoms with Crippen molar-refractivity contribution < 1.29 is 0 Å². The SMILES string of the molecule is CCNC(c1ccc(Cl)c(Cl)c1)c1cc(Br)cs1. The van der Waals surface area contributed by atoms with E-state index in [1.807, 2.05) is 18.2 Å². The van der Waals surface area contributed by atoms with Crippen molar-refractivity contribution >= 4 is 50.5 Å². The van der Waals surface area contributed by atoms with Crippen molar-refractivity contribution in [3.05, 3.63) is 54.6 Å². The van der Waals surface area contributed by atoms with Gasteiger partial charge in [0.2, 0.25) is 0 Å². The summed E-state index contributed by atoms with van der Waals surface area (Å²) in [6.45, 7) is 2.98. The standard InChI is InChI=1S/C13H12BrCl2NS/c1-2-17-13(12-6-9(14)7-18-12)8-3-4-10(15)11(16)5-8/h3-7,13,17H,2H2,1H3. The Morgan fingerprint density at radius 1 is 1.28 bits per heavy atom. The Morgan fingerprint density at radius 3 is 2.61 bits per heavy atom. The summed E-state index contributed by atoms with van der Waals surface area (Å²) in [6, 6.07) is 8.05. The van der Waals surface area contributed by atoms with Gasteiger partial charge in [0, 0.05) is 14.7 Å². The van der Waals surface area contributed by atoms with Crippen molar-refractivity contribution in [3.63, 3.8) is 0 Å². The van der Waals surface area contributed by atoms with Gasteiger partial charge in [-0.05, 0) is 46.2 Å². The Hall–Kier alpha value is -0.0600. The highest BCUT2D eigenvalue weighted by atomic mass is 79.9. The van der Waals surface area contributed by atoms with Crippen molar-refractivity contribution in [1.82, 2.24) is 5.32 Å². The number of thiophene rings is 1. The Bertz CT molecular complexity index is 542. The topological polar surface area (TPSA) is 12.0 Å². The minimum absolute atomic E-state index is 0.154. The van der Waals surface area contributed by atoms with Crippen molar-refractivity contribution in [2.75, 3.05) is 6.54 Å². The molecule has 0 aliphatic carbocycles. The normalized spacial score (nSPS) is 12.7. The Balaban J connectivity index is 2.37. The van der Waals surface area contributed by atoms with Crippen LogP contribution in [0.1, 0.15) is 23.4 Å². The van der Waals surface area contributed by atoms with Crippen molar-refractivity contribution in [1.29, 1.82) is 0 Å². The van der Waals surface area contributed by atoms with Gasteiger partial charge in [-0.2, -0.15) is 0 Å². The second-order valence-corrected chi connectivity index (χ2v) is 6.50. The molecule has 0 radical (unpaired) electrons. The van der Waals surface area contributed by atoms with E-state index in [1.54, 1.807) is 11.3 Å². The van der Waals surface area contributed by atoms with E-state index in [4.69, 9.17) is 23.2 Å². The molecule has 1 unspecified atom stereocenters. The van der Waals surface area contributed by atoms with E-state index < -0.39 is 0 Å². The molecule has 1 nitrogen and oxygen atoms in total. The predicted molar refractivity (Wildman–Crippen MR) is 84.0 cm³/mol. The number of halogens is 3. The predicted octanol–water partition coefficient (Wildman–Crippen LogP) is 5.52. The van der Waals surface area contributed by atoms with E-state index in [2.05, 4.69) is 39.6 Å². The van der Waals surface area contributed by atoms with E-state index in [1.165, 1.54) is 4.88 Å². The second kappa shape index (κ2) is 6.40. The Morgan fingerprint density at radius 2 is 2.06 bits per heavy atom. The molecule has 2 aromatic rings. The van der Waals surface area contributed by atoms with E-state index in [-0.39, 0.29) is 6.04 Å². The van der Waals surface area contributed by atoms with Crippen LogP contribution in [0.15, 0.2) is 34.1 Å². The first-order chi connectivity index (χ1) is 8.61. The molecule has 0 saturated heterocycles. The summed E-state index contributed by atoms with van der Waals surface area (Å²) in [7, 11) is 0. The Labute approximate surface area is 129 Å². The van der Waals surface area contributed by atoms with Gasteiger partial charge in [-0.3, -0.25) is 0 Å². The van der Waals surface area contributed by atoms with Crippen LogP contribution in [0.3, 0.4) is 0 Å². The van der Waals surface area contributed by atoms with Crippen LogP contribution in [-0.4, -0.2) is 6.54 Å². The summed E-state index contributed by atoms with van der Waals surface area (Å²) < 4.78 is 1.10. The number of hydrogen-bond donors (Lipinski definition) is 1. The Kier molecular flexibility index (Phi) is 5.10. The minimum Gasteiger partial charge on any atom is -0.306 e. The maximum Gasteiger partial charge on any atom is 0.0671 e. The van der Waals surface area contributed by atoms with Crippen molar-refractivity contribution in [3.8, 4) is 0 Å². The molecule has 2 rings (SSSR count). The van der Waals surface area contributed by atoms with Crippen LogP contribution >= 0.6 is 50.5 Å². The fraction of sp³-hybridized carbons (Fsp3) is 0.231. The molecule has 0 fully saturated rings. The summed E-state index contributed by atoms with van der Waals surface area (Å²) in [4.78, 5) is 1.25. The smallest absolute Gasteiger partial charge is 0.0671 e. The fourth-order valence-electron chi connectivity index (χ4n) is 1.76. The van der Waals surface area contributed by atoms with E-state index in [0.29, 0.717) is 10.0 Å². The van der Waals surface area contributed by atoms with E-state index >= 15 is 0 Å². The molecule has 18 heavy (non-hydrogen) atoms. The molecule has 0 aliphatic rings. The zero-order chi connectivity index (χ0) is 13.1. The highest BCUT2D eigenvalue weighted by Gasteiger charge is 2.16. The van der Waals surface area contributed by atoms with Gasteiger partial charge in [0.25, 0.3) is 0 Å². The van der Waals surface area contributed by atoms with Crippen LogP contribution in [0.4, 0.5) is 0 Å². The first-order valence-electron chi connectivity index (χ1n) is 5.54. The number of rotatable bonds is 4. The van der Waals surface area contributed by atoms with Gasteiger partial charge in [-0.1, -0.05) is 36.2 Å². The average Bonchev–Trinajstić information content (AvgIpc) is 2.76. The third-order valence-electron chi connectivity index (χ3n) is 2.56. The third-order valence-corrected chi connectivity index (χ3v) is 5.05. The number of benzene rings is 1. The lowest BCUT2D eigenvalue weighted by molar-refractivity contribution is 0.639. The summed E-state index contributed by atoms with van der Waals surface area (Å²) in [6.07, 6.45) is 0. The molecular formula is C13H12BrCl2NS. The molecule has 0 amide bonds. The molecule has 96 valence electrons. The summed E-state index contributed by atoms with van der Waals surface area (Å²) in [5.74, 6) is 0. The molecule has 0 spiro atoms. The third kappa shape index (κ3) is 3.28. The van der Waals surface area contributed by atoms with Gasteiger partial charge in [-0.15, -0.1) is 11.3 Å².